The molecule has 1 aliphatic heterocycles. The maximum Gasteiger partial charge on any atom is 0.191 e. The number of halogens is 1. The van der Waals surface area contributed by atoms with Gasteiger partial charge in [0, 0.05) is 37.3 Å². The Morgan fingerprint density at radius 3 is 2.57 bits per heavy atom. The molecule has 2 atom stereocenters. The molecule has 2 aromatic carbocycles. The van der Waals surface area contributed by atoms with Crippen molar-refractivity contribution in [1.29, 1.82) is 0 Å². The van der Waals surface area contributed by atoms with Crippen molar-refractivity contribution >= 4 is 29.9 Å². The lowest BCUT2D eigenvalue weighted by atomic mass is 9.97. The number of aliphatic imine (C=N–C) groups is 1. The maximum absolute atomic E-state index is 5.45. The monoisotopic (exact) mass is 522 g/mol. The summed E-state index contributed by atoms with van der Waals surface area (Å²) in [5.41, 5.74) is 2.48. The van der Waals surface area contributed by atoms with Crippen LogP contribution in [0, 0.1) is 0 Å². The van der Waals surface area contributed by atoms with Crippen molar-refractivity contribution in [2.75, 3.05) is 20.2 Å². The van der Waals surface area contributed by atoms with E-state index in [1.165, 1.54) is 5.56 Å². The Kier molecular flexibility index (Phi) is 10.4. The molecule has 1 aliphatic rings. The molecule has 1 saturated heterocycles. The Balaban J connectivity index is 0.00000320. The van der Waals surface area contributed by atoms with Gasteiger partial charge in [0.05, 0.1) is 13.7 Å². The fourth-order valence-corrected chi connectivity index (χ4v) is 3.92. The van der Waals surface area contributed by atoms with Crippen LogP contribution in [-0.2, 0) is 13.1 Å². The van der Waals surface area contributed by atoms with Gasteiger partial charge in [0.15, 0.2) is 5.96 Å². The second-order valence-electron chi connectivity index (χ2n) is 7.68. The molecule has 0 aliphatic carbocycles. The molecule has 2 unspecified atom stereocenters. The number of rotatable bonds is 7. The average Bonchev–Trinajstić information content (AvgIpc) is 2.75. The third kappa shape index (κ3) is 7.16. The number of hydrogen-bond acceptors (Lipinski definition) is 3. The number of nitrogens with zero attached hydrogens (tertiary/aromatic N) is 2. The summed E-state index contributed by atoms with van der Waals surface area (Å²) in [5.74, 6) is 1.77. The zero-order valence-electron chi connectivity index (χ0n) is 18.3. The number of nitrogens with one attached hydrogen (secondary N) is 2. The molecule has 0 amide bonds. The van der Waals surface area contributed by atoms with E-state index in [2.05, 4.69) is 65.8 Å². The summed E-state index contributed by atoms with van der Waals surface area (Å²) in [7, 11) is 1.70. The molecule has 5 nitrogen and oxygen atoms in total. The molecule has 1 heterocycles. The Morgan fingerprint density at radius 2 is 1.87 bits per heavy atom. The summed E-state index contributed by atoms with van der Waals surface area (Å²) in [5, 5.41) is 7.04. The highest BCUT2D eigenvalue weighted by atomic mass is 127. The second-order valence-corrected chi connectivity index (χ2v) is 7.68. The van der Waals surface area contributed by atoms with Gasteiger partial charge in [-0.3, -0.25) is 4.90 Å². The van der Waals surface area contributed by atoms with Crippen molar-refractivity contribution in [3.05, 3.63) is 65.7 Å². The third-order valence-electron chi connectivity index (χ3n) is 5.53. The van der Waals surface area contributed by atoms with Gasteiger partial charge in [0.25, 0.3) is 0 Å². The highest BCUT2D eigenvalue weighted by molar-refractivity contribution is 14.0. The van der Waals surface area contributed by atoms with Gasteiger partial charge in [-0.2, -0.15) is 0 Å². The standard InChI is InChI=1S/C24H34N4O.HI/c1-4-25-24(26-17-21-12-8-9-13-23(21)29-3)27-22-14-15-28(19(2)16-22)18-20-10-6-5-7-11-20;/h5-13,19,22H,4,14-18H2,1-3H3,(H2,25,26,27);1H. The van der Waals surface area contributed by atoms with Crippen molar-refractivity contribution in [2.24, 2.45) is 4.99 Å². The first-order chi connectivity index (χ1) is 14.2. The fourth-order valence-electron chi connectivity index (χ4n) is 3.92. The van der Waals surface area contributed by atoms with Gasteiger partial charge in [0.2, 0.25) is 0 Å². The molecule has 0 radical (unpaired) electrons. The minimum Gasteiger partial charge on any atom is -0.496 e. The lowest BCUT2D eigenvalue weighted by Crippen LogP contribution is -2.51. The van der Waals surface area contributed by atoms with Gasteiger partial charge in [-0.05, 0) is 38.3 Å². The second kappa shape index (κ2) is 12.8. The Bertz CT molecular complexity index is 784. The van der Waals surface area contributed by atoms with Crippen LogP contribution < -0.4 is 15.4 Å². The molecule has 3 rings (SSSR count). The molecule has 0 aromatic heterocycles. The first-order valence-corrected chi connectivity index (χ1v) is 10.6. The van der Waals surface area contributed by atoms with Crippen LogP contribution in [0.1, 0.15) is 37.8 Å². The fraction of sp³-hybridized carbons (Fsp3) is 0.458. The van der Waals surface area contributed by atoms with Crippen molar-refractivity contribution in [1.82, 2.24) is 15.5 Å². The molecule has 30 heavy (non-hydrogen) atoms. The summed E-state index contributed by atoms with van der Waals surface area (Å²) in [6.45, 7) is 8.00. The number of para-hydroxylation sites is 1. The van der Waals surface area contributed by atoms with Gasteiger partial charge in [0.1, 0.15) is 5.75 Å². The third-order valence-corrected chi connectivity index (χ3v) is 5.53. The number of benzene rings is 2. The molecule has 6 heteroatoms. The SMILES string of the molecule is CCNC(=NCc1ccccc1OC)NC1CCN(Cc2ccccc2)C(C)C1.I. The van der Waals surface area contributed by atoms with Gasteiger partial charge in [-0.15, -0.1) is 24.0 Å². The number of likely N-dealkylation sites (tertiary alicyclic amines) is 1. The van der Waals surface area contributed by atoms with Gasteiger partial charge in [-0.1, -0.05) is 48.5 Å². The zero-order valence-corrected chi connectivity index (χ0v) is 20.6. The summed E-state index contributed by atoms with van der Waals surface area (Å²) in [6.07, 6.45) is 2.24. The first-order valence-electron chi connectivity index (χ1n) is 10.6. The van der Waals surface area contributed by atoms with E-state index in [9.17, 15) is 0 Å². The Labute approximate surface area is 198 Å². The van der Waals surface area contributed by atoms with Crippen molar-refractivity contribution in [3.63, 3.8) is 0 Å². The number of guanidine groups is 1. The lowest BCUT2D eigenvalue weighted by molar-refractivity contribution is 0.134. The van der Waals surface area contributed by atoms with Crippen LogP contribution in [0.4, 0.5) is 0 Å². The minimum atomic E-state index is 0. The highest BCUT2D eigenvalue weighted by Crippen LogP contribution is 2.20. The van der Waals surface area contributed by atoms with E-state index in [4.69, 9.17) is 9.73 Å². The lowest BCUT2D eigenvalue weighted by Gasteiger charge is -2.38. The number of ether oxygens (including phenoxy) is 1. The van der Waals surface area contributed by atoms with E-state index < -0.39 is 0 Å². The van der Waals surface area contributed by atoms with Crippen LogP contribution in [-0.4, -0.2) is 43.1 Å². The topological polar surface area (TPSA) is 48.9 Å². The van der Waals surface area contributed by atoms with Crippen LogP contribution in [0.3, 0.4) is 0 Å². The van der Waals surface area contributed by atoms with Gasteiger partial charge in [-0.25, -0.2) is 4.99 Å². The Morgan fingerprint density at radius 1 is 1.13 bits per heavy atom. The normalized spacial score (nSPS) is 19.6. The van der Waals surface area contributed by atoms with Gasteiger partial charge < -0.3 is 15.4 Å². The van der Waals surface area contributed by atoms with Crippen molar-refractivity contribution in [3.8, 4) is 5.75 Å². The van der Waals surface area contributed by atoms with Crippen LogP contribution in [0.25, 0.3) is 0 Å². The summed E-state index contributed by atoms with van der Waals surface area (Å²) >= 11 is 0. The van der Waals surface area contributed by atoms with Crippen molar-refractivity contribution < 1.29 is 4.74 Å². The quantitative estimate of drug-likeness (QED) is 0.321. The van der Waals surface area contributed by atoms with Gasteiger partial charge >= 0.3 is 0 Å². The molecule has 2 aromatic rings. The van der Waals surface area contributed by atoms with Crippen LogP contribution in [0.15, 0.2) is 59.6 Å². The van der Waals surface area contributed by atoms with E-state index in [1.807, 2.05) is 18.2 Å². The predicted octanol–water partition coefficient (Wildman–Crippen LogP) is 4.42. The first kappa shape index (κ1) is 24.5. The maximum atomic E-state index is 5.45. The molecule has 164 valence electrons. The zero-order chi connectivity index (χ0) is 20.5. The molecule has 1 fully saturated rings. The van der Waals surface area contributed by atoms with E-state index in [1.54, 1.807) is 7.11 Å². The van der Waals surface area contributed by atoms with E-state index in [0.29, 0.717) is 18.6 Å². The number of piperidine rings is 1. The molecule has 0 spiro atoms. The van der Waals surface area contributed by atoms with E-state index in [0.717, 1.165) is 49.7 Å². The number of methoxy groups -OCH3 is 1. The molecule has 0 saturated carbocycles. The highest BCUT2D eigenvalue weighted by Gasteiger charge is 2.26. The summed E-state index contributed by atoms with van der Waals surface area (Å²) < 4.78 is 5.45. The largest absolute Gasteiger partial charge is 0.496 e. The number of hydrogen-bond donors (Lipinski definition) is 2. The van der Waals surface area contributed by atoms with E-state index >= 15 is 0 Å². The molecule has 2 N–H and O–H groups in total. The molecule has 0 bridgehead atoms. The van der Waals surface area contributed by atoms with E-state index in [-0.39, 0.29) is 24.0 Å². The predicted molar refractivity (Wildman–Crippen MR) is 136 cm³/mol. The molecular weight excluding hydrogens is 487 g/mol. The smallest absolute Gasteiger partial charge is 0.191 e. The summed E-state index contributed by atoms with van der Waals surface area (Å²) in [4.78, 5) is 7.37. The van der Waals surface area contributed by atoms with Crippen LogP contribution in [0.5, 0.6) is 5.75 Å². The minimum absolute atomic E-state index is 0. The van der Waals surface area contributed by atoms with Crippen LogP contribution in [0.2, 0.25) is 0 Å². The van der Waals surface area contributed by atoms with Crippen LogP contribution >= 0.6 is 24.0 Å². The Hall–Kier alpha value is -1.80. The summed E-state index contributed by atoms with van der Waals surface area (Å²) in [6, 6.07) is 19.8. The van der Waals surface area contributed by atoms with Crippen molar-refractivity contribution in [2.45, 2.75) is 51.9 Å². The molecular formula is C24H35IN4O. The average molecular weight is 522 g/mol.